The van der Waals surface area contributed by atoms with Crippen LogP contribution >= 0.6 is 11.3 Å². The molecule has 3 amide bonds. The van der Waals surface area contributed by atoms with Gasteiger partial charge in [-0.25, -0.2) is 13.2 Å². The molecule has 5 rings (SSSR count). The molecule has 2 aromatic carbocycles. The van der Waals surface area contributed by atoms with Gasteiger partial charge in [-0.3, -0.25) is 4.79 Å². The maximum atomic E-state index is 14.4. The predicted molar refractivity (Wildman–Crippen MR) is 186 cm³/mol. The first-order chi connectivity index (χ1) is 23.5. The number of rotatable bonds is 8. The van der Waals surface area contributed by atoms with Crippen molar-refractivity contribution in [2.24, 2.45) is 5.92 Å². The van der Waals surface area contributed by atoms with Crippen molar-refractivity contribution in [3.63, 3.8) is 0 Å². The summed E-state index contributed by atoms with van der Waals surface area (Å²) in [5.41, 5.74) is 1.07. The van der Waals surface area contributed by atoms with Gasteiger partial charge < -0.3 is 39.6 Å². The first-order valence-corrected chi connectivity index (χ1v) is 18.6. The minimum atomic E-state index is -3.73. The molecule has 0 aliphatic carbocycles. The summed E-state index contributed by atoms with van der Waals surface area (Å²) in [6, 6.07) is 12.1. The maximum absolute atomic E-state index is 14.4. The number of fused-ring (bicyclic) bond motifs is 2. The highest BCUT2D eigenvalue weighted by atomic mass is 32.2. The molecule has 0 saturated carbocycles. The second-order valence-electron chi connectivity index (χ2n) is 12.4. The van der Waals surface area contributed by atoms with Gasteiger partial charge in [0.2, 0.25) is 6.79 Å². The van der Waals surface area contributed by atoms with E-state index in [4.69, 9.17) is 18.9 Å². The third-order valence-corrected chi connectivity index (χ3v) is 11.7. The van der Waals surface area contributed by atoms with Gasteiger partial charge in [0, 0.05) is 50.1 Å². The predicted octanol–water partition coefficient (Wildman–Crippen LogP) is 5.24. The van der Waals surface area contributed by atoms with Crippen molar-refractivity contribution in [3.8, 4) is 17.2 Å². The Kier molecular flexibility index (Phi) is 12.0. The molecule has 0 spiro atoms. The number of thiophene rings is 1. The number of sulfonamides is 1. The average Bonchev–Trinajstić information content (AvgIpc) is 3.79. The summed E-state index contributed by atoms with van der Waals surface area (Å²) in [5.74, 6) is 0.740. The smallest absolute Gasteiger partial charge is 0.323 e. The summed E-state index contributed by atoms with van der Waals surface area (Å²) in [7, 11) is -2.20. The van der Waals surface area contributed by atoms with Gasteiger partial charge in [-0.15, -0.1) is 11.3 Å². The standard InChI is InChI=1S/C34H44N4O9S2/c1-22-18-38(23(2)20-39)33(40)27-16-25(35-34(41)36-26-11-13-29-30(17-26)46-21-45-29)10-12-28(27)47-24(3)8-5-6-14-44-31(22)19-37(4)49(42,43)32-9-7-15-48-32/h7,9-13,15-17,22-24,31,39H,5-6,8,14,18-21H2,1-4H3,(H2,35,36,41)/t22-,23+,24-,31-/m0/s1. The zero-order valence-electron chi connectivity index (χ0n) is 28.1. The van der Waals surface area contributed by atoms with Crippen LogP contribution in [0.2, 0.25) is 0 Å². The Bertz CT molecular complexity index is 1700. The first-order valence-electron chi connectivity index (χ1n) is 16.3. The normalized spacial score (nSPS) is 21.0. The third kappa shape index (κ3) is 9.02. The molecular weight excluding hydrogens is 673 g/mol. The Hall–Kier alpha value is -3.89. The summed E-state index contributed by atoms with van der Waals surface area (Å²) in [6.45, 7) is 6.04. The minimum absolute atomic E-state index is 0.0829. The largest absolute Gasteiger partial charge is 0.490 e. The van der Waals surface area contributed by atoms with Gasteiger partial charge in [0.1, 0.15) is 9.96 Å². The summed E-state index contributed by atoms with van der Waals surface area (Å²) in [5, 5.41) is 17.5. The molecule has 4 atom stereocenters. The van der Waals surface area contributed by atoms with Crippen LogP contribution in [0.25, 0.3) is 0 Å². The molecule has 0 saturated heterocycles. The number of nitrogens with one attached hydrogen (secondary N) is 2. The van der Waals surface area contributed by atoms with Crippen LogP contribution in [-0.4, -0.2) is 93.1 Å². The summed E-state index contributed by atoms with van der Waals surface area (Å²) in [4.78, 5) is 28.9. The van der Waals surface area contributed by atoms with Crippen molar-refractivity contribution in [2.75, 3.05) is 50.8 Å². The molecule has 15 heteroatoms. The van der Waals surface area contributed by atoms with Crippen LogP contribution in [0.4, 0.5) is 16.2 Å². The lowest BCUT2D eigenvalue weighted by molar-refractivity contribution is -0.00832. The number of amides is 3. The van der Waals surface area contributed by atoms with Crippen LogP contribution in [0.3, 0.4) is 0 Å². The Morgan fingerprint density at radius 1 is 1.06 bits per heavy atom. The Morgan fingerprint density at radius 2 is 1.78 bits per heavy atom. The van der Waals surface area contributed by atoms with E-state index in [-0.39, 0.29) is 48.3 Å². The van der Waals surface area contributed by atoms with E-state index in [9.17, 15) is 23.1 Å². The van der Waals surface area contributed by atoms with Crippen LogP contribution in [0, 0.1) is 5.92 Å². The monoisotopic (exact) mass is 716 g/mol. The highest BCUT2D eigenvalue weighted by molar-refractivity contribution is 7.91. The molecule has 3 aromatic rings. The van der Waals surface area contributed by atoms with E-state index in [2.05, 4.69) is 10.6 Å². The molecule has 1 aromatic heterocycles. The topological polar surface area (TPSA) is 156 Å². The number of ether oxygens (including phenoxy) is 4. The van der Waals surface area contributed by atoms with Gasteiger partial charge in [0.25, 0.3) is 15.9 Å². The van der Waals surface area contributed by atoms with Crippen LogP contribution in [0.1, 0.15) is 50.4 Å². The molecule has 3 heterocycles. The van der Waals surface area contributed by atoms with E-state index in [0.29, 0.717) is 41.7 Å². The second-order valence-corrected chi connectivity index (χ2v) is 15.6. The lowest BCUT2D eigenvalue weighted by atomic mass is 10.0. The van der Waals surface area contributed by atoms with Crippen molar-refractivity contribution in [3.05, 3.63) is 59.5 Å². The van der Waals surface area contributed by atoms with Gasteiger partial charge in [0.05, 0.1) is 30.4 Å². The number of hydrogen-bond donors (Lipinski definition) is 3. The fraction of sp³-hybridized carbons (Fsp3) is 0.471. The number of nitrogens with zero attached hydrogens (tertiary/aromatic N) is 2. The molecule has 0 unspecified atom stereocenters. The Morgan fingerprint density at radius 3 is 2.49 bits per heavy atom. The molecule has 0 radical (unpaired) electrons. The van der Waals surface area contributed by atoms with Crippen LogP contribution in [0.5, 0.6) is 17.2 Å². The average molecular weight is 717 g/mol. The van der Waals surface area contributed by atoms with Crippen molar-refractivity contribution in [1.82, 2.24) is 9.21 Å². The zero-order chi connectivity index (χ0) is 35.1. The van der Waals surface area contributed by atoms with Gasteiger partial charge in [-0.05, 0) is 74.9 Å². The Labute approximate surface area is 291 Å². The quantitative estimate of drug-likeness (QED) is 0.284. The maximum Gasteiger partial charge on any atom is 0.323 e. The van der Waals surface area contributed by atoms with Crippen molar-refractivity contribution < 1.29 is 42.1 Å². The van der Waals surface area contributed by atoms with Crippen molar-refractivity contribution in [2.45, 2.75) is 62.5 Å². The van der Waals surface area contributed by atoms with Crippen LogP contribution < -0.4 is 24.8 Å². The number of anilines is 2. The molecule has 0 bridgehead atoms. The molecule has 3 N–H and O–H groups in total. The van der Waals surface area contributed by atoms with E-state index in [1.165, 1.54) is 11.4 Å². The van der Waals surface area contributed by atoms with Crippen LogP contribution in [0.15, 0.2) is 58.1 Å². The molecule has 2 aliphatic heterocycles. The highest BCUT2D eigenvalue weighted by Gasteiger charge is 2.32. The van der Waals surface area contributed by atoms with Crippen molar-refractivity contribution >= 4 is 44.7 Å². The molecule has 13 nitrogen and oxygen atoms in total. The summed E-state index contributed by atoms with van der Waals surface area (Å²) >= 11 is 1.15. The number of benzene rings is 2. The van der Waals surface area contributed by atoms with Gasteiger partial charge >= 0.3 is 6.03 Å². The SMILES string of the molecule is C[C@H](CO)N1C[C@H](C)[C@H](CN(C)S(=O)(=O)c2cccs2)OCCCC[C@H](C)Oc2ccc(NC(=O)Nc3ccc4c(c3)OCO4)cc2C1=O. The number of hydrogen-bond acceptors (Lipinski definition) is 10. The van der Waals surface area contributed by atoms with Gasteiger partial charge in [-0.1, -0.05) is 13.0 Å². The number of likely N-dealkylation sites (N-methyl/N-ethyl adjacent to an activating group) is 1. The number of aliphatic hydroxyl groups excluding tert-OH is 1. The summed E-state index contributed by atoms with van der Waals surface area (Å²) in [6.07, 6.45) is 1.45. The summed E-state index contributed by atoms with van der Waals surface area (Å²) < 4.78 is 51.4. The molecule has 2 aliphatic rings. The van der Waals surface area contributed by atoms with Gasteiger partial charge in [-0.2, -0.15) is 4.31 Å². The number of carbonyl (C=O) groups excluding carboxylic acids is 2. The molecule has 49 heavy (non-hydrogen) atoms. The first kappa shape index (κ1) is 36.4. The fourth-order valence-electron chi connectivity index (χ4n) is 5.65. The second kappa shape index (κ2) is 16.2. The number of urea groups is 1. The van der Waals surface area contributed by atoms with Gasteiger partial charge in [0.15, 0.2) is 11.5 Å². The minimum Gasteiger partial charge on any atom is -0.490 e. The van der Waals surface area contributed by atoms with E-state index >= 15 is 0 Å². The van der Waals surface area contributed by atoms with Crippen molar-refractivity contribution in [1.29, 1.82) is 0 Å². The molecular formula is C34H44N4O9S2. The third-order valence-electron chi connectivity index (χ3n) is 8.54. The van der Waals surface area contributed by atoms with E-state index < -0.39 is 34.1 Å². The molecule has 0 fully saturated rings. The van der Waals surface area contributed by atoms with E-state index in [1.807, 2.05) is 13.8 Å². The number of aliphatic hydroxyl groups is 1. The van der Waals surface area contributed by atoms with Crippen LogP contribution in [-0.2, 0) is 14.8 Å². The highest BCUT2D eigenvalue weighted by Crippen LogP contribution is 2.34. The Balaban J connectivity index is 1.39. The number of carbonyl (C=O) groups is 2. The van der Waals surface area contributed by atoms with E-state index in [0.717, 1.165) is 24.2 Å². The fourth-order valence-corrected chi connectivity index (χ4v) is 8.03. The zero-order valence-corrected chi connectivity index (χ0v) is 29.7. The van der Waals surface area contributed by atoms with E-state index in [1.54, 1.807) is 65.7 Å². The lowest BCUT2D eigenvalue weighted by Crippen LogP contribution is -2.48. The lowest BCUT2D eigenvalue weighted by Gasteiger charge is -2.35. The molecule has 266 valence electrons.